The zero-order valence-electron chi connectivity index (χ0n) is 18.6. The normalized spacial score (nSPS) is 13.8. The lowest BCUT2D eigenvalue weighted by atomic mass is 10.0. The van der Waals surface area contributed by atoms with Gasteiger partial charge in [-0.05, 0) is 68.3 Å². The third-order valence-corrected chi connectivity index (χ3v) is 5.42. The van der Waals surface area contributed by atoms with Crippen LogP contribution in [0.2, 0.25) is 5.02 Å². The van der Waals surface area contributed by atoms with E-state index < -0.39 is 5.91 Å². The molecule has 1 N–H and O–H groups in total. The van der Waals surface area contributed by atoms with Gasteiger partial charge in [0.25, 0.3) is 11.8 Å². The van der Waals surface area contributed by atoms with E-state index in [9.17, 15) is 9.59 Å². The van der Waals surface area contributed by atoms with Crippen LogP contribution < -0.4 is 10.1 Å². The molecule has 2 heterocycles. The van der Waals surface area contributed by atoms with Crippen LogP contribution in [0.25, 0.3) is 5.57 Å². The molecule has 33 heavy (non-hydrogen) atoms. The third-order valence-electron chi connectivity index (χ3n) is 5.19. The molecule has 2 amide bonds. The predicted octanol–water partition coefficient (Wildman–Crippen LogP) is 5.22. The Morgan fingerprint density at radius 3 is 2.45 bits per heavy atom. The number of benzene rings is 2. The summed E-state index contributed by atoms with van der Waals surface area (Å²) in [6.45, 7) is 5.88. The number of pyridine rings is 1. The molecule has 0 unspecified atom stereocenters. The number of carbonyl (C=O) groups excluding carboxylic acids is 2. The Labute approximate surface area is 197 Å². The molecule has 1 aliphatic rings. The number of aromatic nitrogens is 1. The fourth-order valence-electron chi connectivity index (χ4n) is 3.59. The first kappa shape index (κ1) is 22.6. The Bertz CT molecular complexity index is 1220. The first-order chi connectivity index (χ1) is 15.8. The minimum absolute atomic E-state index is 0.0293. The number of amides is 2. The first-order valence-electron chi connectivity index (χ1n) is 10.6. The van der Waals surface area contributed by atoms with Crippen molar-refractivity contribution in [2.24, 2.45) is 0 Å². The van der Waals surface area contributed by atoms with Gasteiger partial charge >= 0.3 is 0 Å². The molecule has 0 saturated carbocycles. The van der Waals surface area contributed by atoms with Gasteiger partial charge in [-0.2, -0.15) is 0 Å². The van der Waals surface area contributed by atoms with Gasteiger partial charge in [-0.1, -0.05) is 35.9 Å². The van der Waals surface area contributed by atoms with E-state index in [-0.39, 0.29) is 24.3 Å². The summed E-state index contributed by atoms with van der Waals surface area (Å²) in [5, 5.41) is 3.70. The highest BCUT2D eigenvalue weighted by Gasteiger charge is 2.39. The van der Waals surface area contributed by atoms with Crippen LogP contribution in [-0.4, -0.2) is 27.8 Å². The average Bonchev–Trinajstić information content (AvgIpc) is 3.01. The molecule has 1 aromatic heterocycles. The van der Waals surface area contributed by atoms with E-state index in [2.05, 4.69) is 10.3 Å². The zero-order chi connectivity index (χ0) is 23.5. The van der Waals surface area contributed by atoms with Crippen LogP contribution >= 0.6 is 11.6 Å². The molecule has 7 heteroatoms. The van der Waals surface area contributed by atoms with Crippen molar-refractivity contribution >= 4 is 34.7 Å². The van der Waals surface area contributed by atoms with Crippen molar-refractivity contribution < 1.29 is 14.3 Å². The number of ether oxygens (including phenoxy) is 1. The number of imide groups is 1. The Balaban J connectivity index is 1.74. The highest BCUT2D eigenvalue weighted by atomic mass is 35.5. The van der Waals surface area contributed by atoms with Crippen LogP contribution in [0.15, 0.2) is 72.6 Å². The number of hydrogen-bond donors (Lipinski definition) is 1. The van der Waals surface area contributed by atoms with Crippen molar-refractivity contribution in [3.8, 4) is 5.75 Å². The number of aryl methyl sites for hydroxylation is 1. The standard InChI is InChI=1S/C26H24ClN3O3/c1-16(2)33-21-11-8-18(9-12-21)23-24(29-22-14-19(27)10-7-17(22)3)26(32)30(25(23)31)15-20-6-4-5-13-28-20/h4-14,16,29H,15H2,1-3H3. The quantitative estimate of drug-likeness (QED) is 0.488. The number of anilines is 1. The summed E-state index contributed by atoms with van der Waals surface area (Å²) in [5.74, 6) is -0.107. The van der Waals surface area contributed by atoms with Gasteiger partial charge in [0.15, 0.2) is 0 Å². The van der Waals surface area contributed by atoms with Gasteiger partial charge in [-0.25, -0.2) is 0 Å². The molecule has 168 valence electrons. The molecule has 0 radical (unpaired) electrons. The molecule has 4 rings (SSSR count). The second-order valence-electron chi connectivity index (χ2n) is 8.04. The number of nitrogens with zero attached hydrogens (tertiary/aromatic N) is 2. The smallest absolute Gasteiger partial charge is 0.278 e. The maximum Gasteiger partial charge on any atom is 0.278 e. The highest BCUT2D eigenvalue weighted by molar-refractivity contribution is 6.36. The molecule has 0 aliphatic carbocycles. The molecule has 0 spiro atoms. The van der Waals surface area contributed by atoms with Crippen LogP contribution in [0.3, 0.4) is 0 Å². The van der Waals surface area contributed by atoms with Gasteiger partial charge in [0.05, 0.1) is 23.9 Å². The molecular formula is C26H24ClN3O3. The lowest BCUT2D eigenvalue weighted by molar-refractivity contribution is -0.137. The first-order valence-corrected chi connectivity index (χ1v) is 11.0. The molecule has 0 saturated heterocycles. The number of nitrogens with one attached hydrogen (secondary N) is 1. The van der Waals surface area contributed by atoms with Crippen LogP contribution in [0, 0.1) is 6.92 Å². The summed E-state index contributed by atoms with van der Waals surface area (Å²) < 4.78 is 5.71. The van der Waals surface area contributed by atoms with Crippen LogP contribution in [-0.2, 0) is 16.1 Å². The van der Waals surface area contributed by atoms with Crippen molar-refractivity contribution in [1.29, 1.82) is 0 Å². The maximum absolute atomic E-state index is 13.5. The summed E-state index contributed by atoms with van der Waals surface area (Å²) in [5.41, 5.74) is 3.31. The zero-order valence-corrected chi connectivity index (χ0v) is 19.4. The van der Waals surface area contributed by atoms with Crippen molar-refractivity contribution in [3.05, 3.63) is 94.4 Å². The predicted molar refractivity (Wildman–Crippen MR) is 129 cm³/mol. The lowest BCUT2D eigenvalue weighted by Gasteiger charge is -2.15. The van der Waals surface area contributed by atoms with Crippen molar-refractivity contribution in [2.45, 2.75) is 33.4 Å². The minimum atomic E-state index is -0.414. The Morgan fingerprint density at radius 1 is 1.03 bits per heavy atom. The third kappa shape index (κ3) is 4.91. The molecule has 3 aromatic rings. The molecule has 1 aliphatic heterocycles. The average molecular weight is 462 g/mol. The van der Waals surface area contributed by atoms with Crippen LogP contribution in [0.5, 0.6) is 5.75 Å². The van der Waals surface area contributed by atoms with Gasteiger partial charge in [-0.3, -0.25) is 19.5 Å². The minimum Gasteiger partial charge on any atom is -0.491 e. The van der Waals surface area contributed by atoms with Crippen molar-refractivity contribution in [3.63, 3.8) is 0 Å². The summed E-state index contributed by atoms with van der Waals surface area (Å²) in [7, 11) is 0. The summed E-state index contributed by atoms with van der Waals surface area (Å²) in [4.78, 5) is 32.3. The molecule has 0 atom stereocenters. The SMILES string of the molecule is Cc1ccc(Cl)cc1NC1=C(c2ccc(OC(C)C)cc2)C(=O)N(Cc2ccccn2)C1=O. The fraction of sp³-hybridized carbons (Fsp3) is 0.192. The van der Waals surface area contributed by atoms with E-state index in [0.717, 1.165) is 5.56 Å². The van der Waals surface area contributed by atoms with Gasteiger partial charge < -0.3 is 10.1 Å². The van der Waals surface area contributed by atoms with E-state index in [1.807, 2.05) is 32.9 Å². The molecule has 0 bridgehead atoms. The highest BCUT2D eigenvalue weighted by Crippen LogP contribution is 2.33. The second kappa shape index (κ2) is 9.46. The fourth-order valence-corrected chi connectivity index (χ4v) is 3.77. The topological polar surface area (TPSA) is 71.5 Å². The van der Waals surface area contributed by atoms with Crippen LogP contribution in [0.4, 0.5) is 5.69 Å². The maximum atomic E-state index is 13.5. The number of hydrogen-bond acceptors (Lipinski definition) is 5. The summed E-state index contributed by atoms with van der Waals surface area (Å²) in [6, 6.07) is 17.9. The Kier molecular flexibility index (Phi) is 6.47. The molecule has 6 nitrogen and oxygen atoms in total. The Morgan fingerprint density at radius 2 is 1.79 bits per heavy atom. The van der Waals surface area contributed by atoms with Gasteiger partial charge in [0.2, 0.25) is 0 Å². The monoisotopic (exact) mass is 461 g/mol. The van der Waals surface area contributed by atoms with E-state index in [0.29, 0.717) is 33.3 Å². The van der Waals surface area contributed by atoms with Gasteiger partial charge in [0.1, 0.15) is 11.4 Å². The molecule has 2 aromatic carbocycles. The van der Waals surface area contributed by atoms with E-state index >= 15 is 0 Å². The molecular weight excluding hydrogens is 438 g/mol. The molecule has 0 fully saturated rings. The van der Waals surface area contributed by atoms with E-state index in [4.69, 9.17) is 16.3 Å². The van der Waals surface area contributed by atoms with Crippen molar-refractivity contribution in [2.75, 3.05) is 5.32 Å². The largest absolute Gasteiger partial charge is 0.491 e. The van der Waals surface area contributed by atoms with E-state index in [1.54, 1.807) is 54.7 Å². The van der Waals surface area contributed by atoms with Crippen LogP contribution in [0.1, 0.15) is 30.7 Å². The van der Waals surface area contributed by atoms with Gasteiger partial charge in [-0.15, -0.1) is 0 Å². The Hall–Kier alpha value is -3.64. The number of halogens is 1. The van der Waals surface area contributed by atoms with E-state index in [1.165, 1.54) is 4.90 Å². The van der Waals surface area contributed by atoms with Crippen molar-refractivity contribution in [1.82, 2.24) is 9.88 Å². The summed E-state index contributed by atoms with van der Waals surface area (Å²) >= 11 is 6.18. The summed E-state index contributed by atoms with van der Waals surface area (Å²) in [6.07, 6.45) is 1.66. The number of carbonyl (C=O) groups is 2. The lowest BCUT2D eigenvalue weighted by Crippen LogP contribution is -2.32. The number of rotatable bonds is 7. The second-order valence-corrected chi connectivity index (χ2v) is 8.48. The van der Waals surface area contributed by atoms with Gasteiger partial charge in [0, 0.05) is 16.9 Å².